The molecule has 0 saturated heterocycles. The average Bonchev–Trinajstić information content (AvgIpc) is 3.33. The van der Waals surface area contributed by atoms with Gasteiger partial charge in [0.15, 0.2) is 0 Å². The molecule has 10 nitrogen and oxygen atoms in total. The van der Waals surface area contributed by atoms with Crippen LogP contribution in [0.15, 0.2) is 46.2 Å². The van der Waals surface area contributed by atoms with Crippen LogP contribution in [0.4, 0.5) is 0 Å². The Kier molecular flexibility index (Phi) is 9.76. The van der Waals surface area contributed by atoms with Crippen molar-refractivity contribution in [3.63, 3.8) is 0 Å². The Morgan fingerprint density at radius 2 is 1.78 bits per heavy atom. The van der Waals surface area contributed by atoms with Crippen LogP contribution in [0.1, 0.15) is 44.6 Å². The maximum Gasteiger partial charge on any atom is 0.332 e. The van der Waals surface area contributed by atoms with Crippen LogP contribution in [0.2, 0.25) is 0 Å². The minimum absolute atomic E-state index is 0.130. The molecule has 37 heavy (non-hydrogen) atoms. The highest BCUT2D eigenvalue weighted by atomic mass is 16.6. The molecule has 0 atom stereocenters. The third-order valence-corrected chi connectivity index (χ3v) is 5.41. The number of benzene rings is 1. The monoisotopic (exact) mass is 510 g/mol. The van der Waals surface area contributed by atoms with Gasteiger partial charge in [-0.25, -0.2) is 9.78 Å². The number of aromatic amines is 2. The summed E-state index contributed by atoms with van der Waals surface area (Å²) in [6, 6.07) is 9.29. The van der Waals surface area contributed by atoms with Gasteiger partial charge in [0.1, 0.15) is 17.3 Å². The van der Waals surface area contributed by atoms with E-state index >= 15 is 0 Å². The minimum atomic E-state index is -0.436. The first-order valence-corrected chi connectivity index (χ1v) is 12.2. The number of imidazole rings is 1. The fourth-order valence-electron chi connectivity index (χ4n) is 3.67. The first kappa shape index (κ1) is 27.8. The summed E-state index contributed by atoms with van der Waals surface area (Å²) in [5.41, 5.74) is 1.22. The Labute approximate surface area is 214 Å². The predicted molar refractivity (Wildman–Crippen MR) is 140 cm³/mol. The Morgan fingerprint density at radius 1 is 1.05 bits per heavy atom. The first-order valence-electron chi connectivity index (χ1n) is 12.2. The van der Waals surface area contributed by atoms with Crippen molar-refractivity contribution >= 4 is 18.1 Å². The van der Waals surface area contributed by atoms with Crippen molar-refractivity contribution in [2.45, 2.75) is 39.7 Å². The molecule has 2 aromatic heterocycles. The SMILES string of the molecule is CCOC(=O)COCCOCCn1c(=O)/c(=C/c2nc[nH]c2C(C)(C)C)[nH]c(=O)/c1=C/c1ccccc1. The summed E-state index contributed by atoms with van der Waals surface area (Å²) < 4.78 is 17.0. The largest absolute Gasteiger partial charge is 0.464 e. The van der Waals surface area contributed by atoms with E-state index in [4.69, 9.17) is 14.2 Å². The molecule has 2 N–H and O–H groups in total. The molecule has 0 spiro atoms. The lowest BCUT2D eigenvalue weighted by Gasteiger charge is -2.17. The summed E-state index contributed by atoms with van der Waals surface area (Å²) in [6.07, 6.45) is 4.83. The van der Waals surface area contributed by atoms with Gasteiger partial charge in [0.05, 0.1) is 38.4 Å². The van der Waals surface area contributed by atoms with Crippen molar-refractivity contribution in [1.82, 2.24) is 19.5 Å². The fourth-order valence-corrected chi connectivity index (χ4v) is 3.67. The zero-order chi connectivity index (χ0) is 26.8. The Morgan fingerprint density at radius 3 is 2.49 bits per heavy atom. The van der Waals surface area contributed by atoms with E-state index in [-0.39, 0.29) is 54.6 Å². The Balaban J connectivity index is 1.89. The summed E-state index contributed by atoms with van der Waals surface area (Å²) >= 11 is 0. The number of carbonyl (C=O) groups excluding carboxylic acids is 1. The van der Waals surface area contributed by atoms with Gasteiger partial charge in [-0.05, 0) is 24.6 Å². The topological polar surface area (TPSA) is 128 Å². The van der Waals surface area contributed by atoms with Gasteiger partial charge in [-0.2, -0.15) is 0 Å². The van der Waals surface area contributed by atoms with Crippen molar-refractivity contribution in [3.8, 4) is 0 Å². The van der Waals surface area contributed by atoms with E-state index < -0.39 is 11.5 Å². The number of hydrogen-bond acceptors (Lipinski definition) is 7. The van der Waals surface area contributed by atoms with Crippen molar-refractivity contribution in [2.75, 3.05) is 33.0 Å². The van der Waals surface area contributed by atoms with Gasteiger partial charge in [0.2, 0.25) is 0 Å². The fraction of sp³-hybridized carbons (Fsp3) is 0.407. The molecular weight excluding hydrogens is 476 g/mol. The third kappa shape index (κ3) is 7.86. The lowest BCUT2D eigenvalue weighted by atomic mass is 9.90. The third-order valence-electron chi connectivity index (χ3n) is 5.41. The van der Waals surface area contributed by atoms with Crippen LogP contribution in [-0.4, -0.2) is 58.5 Å². The Hall–Kier alpha value is -3.76. The van der Waals surface area contributed by atoms with Gasteiger partial charge in [-0.1, -0.05) is 51.1 Å². The maximum atomic E-state index is 13.5. The minimum Gasteiger partial charge on any atom is -0.464 e. The second-order valence-electron chi connectivity index (χ2n) is 9.29. The van der Waals surface area contributed by atoms with Crippen molar-refractivity contribution < 1.29 is 19.0 Å². The number of ether oxygens (including phenoxy) is 3. The molecule has 0 fully saturated rings. The van der Waals surface area contributed by atoms with Gasteiger partial charge in [0, 0.05) is 17.7 Å². The normalized spacial score (nSPS) is 12.8. The summed E-state index contributed by atoms with van der Waals surface area (Å²) in [4.78, 5) is 48.1. The van der Waals surface area contributed by atoms with E-state index in [1.807, 2.05) is 51.1 Å². The van der Waals surface area contributed by atoms with E-state index in [2.05, 4.69) is 15.0 Å². The highest BCUT2D eigenvalue weighted by Gasteiger charge is 2.19. The van der Waals surface area contributed by atoms with E-state index in [0.717, 1.165) is 11.3 Å². The number of rotatable bonds is 11. The average molecular weight is 511 g/mol. The smallest absolute Gasteiger partial charge is 0.332 e. The molecule has 0 aliphatic carbocycles. The van der Waals surface area contributed by atoms with Gasteiger partial charge in [0.25, 0.3) is 11.1 Å². The van der Waals surface area contributed by atoms with Crippen LogP contribution in [0.3, 0.4) is 0 Å². The van der Waals surface area contributed by atoms with E-state index in [1.165, 1.54) is 4.57 Å². The van der Waals surface area contributed by atoms with Gasteiger partial charge >= 0.3 is 5.97 Å². The van der Waals surface area contributed by atoms with Crippen LogP contribution in [0, 0.1) is 0 Å². The molecule has 0 unspecified atom stereocenters. The Bertz CT molecular complexity index is 1410. The second kappa shape index (κ2) is 13.0. The van der Waals surface area contributed by atoms with Crippen molar-refractivity contribution in [1.29, 1.82) is 0 Å². The van der Waals surface area contributed by atoms with E-state index in [9.17, 15) is 14.4 Å². The highest BCUT2D eigenvalue weighted by Crippen LogP contribution is 2.22. The molecule has 0 bridgehead atoms. The molecule has 198 valence electrons. The van der Waals surface area contributed by atoms with Gasteiger partial charge < -0.3 is 24.2 Å². The lowest BCUT2D eigenvalue weighted by molar-refractivity contribution is -0.148. The number of nitrogens with one attached hydrogen (secondary N) is 2. The summed E-state index contributed by atoms with van der Waals surface area (Å²) in [7, 11) is 0. The van der Waals surface area contributed by atoms with Crippen LogP contribution in [0.5, 0.6) is 0 Å². The number of H-pyrrole nitrogens is 2. The summed E-state index contributed by atoms with van der Waals surface area (Å²) in [5, 5.41) is 0.346. The lowest BCUT2D eigenvalue weighted by Crippen LogP contribution is -2.53. The van der Waals surface area contributed by atoms with E-state index in [1.54, 1.807) is 25.4 Å². The quantitative estimate of drug-likeness (QED) is 0.289. The van der Waals surface area contributed by atoms with Gasteiger partial charge in [-0.15, -0.1) is 0 Å². The number of nitrogens with zero attached hydrogens (tertiary/aromatic N) is 2. The first-order chi connectivity index (χ1) is 17.7. The van der Waals surface area contributed by atoms with Crippen molar-refractivity contribution in [2.24, 2.45) is 0 Å². The molecular formula is C27H34N4O6. The molecule has 3 aromatic rings. The molecule has 0 aliphatic rings. The maximum absolute atomic E-state index is 13.5. The molecule has 0 saturated carbocycles. The number of esters is 1. The van der Waals surface area contributed by atoms with Gasteiger partial charge in [-0.3, -0.25) is 14.2 Å². The van der Waals surface area contributed by atoms with Crippen LogP contribution in [-0.2, 0) is 31.0 Å². The zero-order valence-electron chi connectivity index (χ0n) is 21.7. The number of hydrogen-bond donors (Lipinski definition) is 2. The summed E-state index contributed by atoms with van der Waals surface area (Å²) in [6.45, 7) is 8.69. The molecule has 3 rings (SSSR count). The standard InChI is InChI=1S/C27H34N4O6/c1-5-37-23(32)17-36-14-13-35-12-11-31-22(15-19-9-7-6-8-10-19)25(33)30-21(26(31)34)16-20-24(27(2,3)4)29-18-28-20/h6-10,15-16,18H,5,11-14,17H2,1-4H3,(H,28,29)(H,30,33)/b21-16-,22-15-. The molecule has 0 aliphatic heterocycles. The zero-order valence-corrected chi connectivity index (χ0v) is 21.7. The molecule has 1 aromatic carbocycles. The number of carbonyl (C=O) groups is 1. The highest BCUT2D eigenvalue weighted by molar-refractivity contribution is 5.70. The molecule has 0 radical (unpaired) electrons. The number of aromatic nitrogens is 4. The molecule has 10 heteroatoms. The molecule has 0 amide bonds. The van der Waals surface area contributed by atoms with Crippen LogP contribution >= 0.6 is 0 Å². The second-order valence-corrected chi connectivity index (χ2v) is 9.29. The van der Waals surface area contributed by atoms with Crippen LogP contribution in [0.25, 0.3) is 12.2 Å². The van der Waals surface area contributed by atoms with Crippen LogP contribution < -0.4 is 21.8 Å². The van der Waals surface area contributed by atoms with Crippen molar-refractivity contribution in [3.05, 3.63) is 85.0 Å². The predicted octanol–water partition coefficient (Wildman–Crippen LogP) is 0.811. The molecule has 2 heterocycles. The summed E-state index contributed by atoms with van der Waals surface area (Å²) in [5.74, 6) is -0.436. The van der Waals surface area contributed by atoms with E-state index in [0.29, 0.717) is 12.3 Å².